The number of pyridine rings is 1. The summed E-state index contributed by atoms with van der Waals surface area (Å²) in [6.07, 6.45) is 3.49. The quantitative estimate of drug-likeness (QED) is 0.203. The predicted molar refractivity (Wildman–Crippen MR) is 140 cm³/mol. The van der Waals surface area contributed by atoms with Gasteiger partial charge in [0.05, 0.1) is 18.4 Å². The van der Waals surface area contributed by atoms with E-state index in [4.69, 9.17) is 0 Å². The number of carbonyl (C=O) groups excluding carboxylic acids is 2. The number of carbonyl (C=O) groups is 2. The van der Waals surface area contributed by atoms with Gasteiger partial charge in [0.25, 0.3) is 11.8 Å². The van der Waals surface area contributed by atoms with Gasteiger partial charge in [-0.25, -0.2) is 9.97 Å². The molecular weight excluding hydrogens is 521 g/mol. The van der Waals surface area contributed by atoms with Crippen molar-refractivity contribution in [3.05, 3.63) is 82.5 Å². The number of allylic oxidation sites excluding steroid dienone is 3. The summed E-state index contributed by atoms with van der Waals surface area (Å²) < 4.78 is 39.0. The van der Waals surface area contributed by atoms with Gasteiger partial charge in [-0.2, -0.15) is 13.2 Å². The third kappa shape index (κ3) is 7.87. The Morgan fingerprint density at radius 1 is 1.24 bits per heavy atom. The lowest BCUT2D eigenvalue weighted by atomic mass is 10.2. The van der Waals surface area contributed by atoms with Crippen molar-refractivity contribution in [2.45, 2.75) is 39.9 Å². The van der Waals surface area contributed by atoms with Gasteiger partial charge in [-0.15, -0.1) is 11.3 Å². The fourth-order valence-corrected chi connectivity index (χ4v) is 3.81. The number of halogens is 3. The standard InChI is InChI=1S/C25H27F3N6O3S/c1-7-9-34(14(3)4)15(5)10-18(29-8-2)22(36)32-16(6)24-31-13-20(38-24)23(37)33-21-11-17(25(26,27)28)19(35)12-30-21/h7-13,16,35H,3,5H2,1-2,4,6H3,(H,32,36)(H,30,33,37)/b9-7-,18-10-,29-8-/t16-/m1/s1. The molecule has 2 heterocycles. The summed E-state index contributed by atoms with van der Waals surface area (Å²) in [6.45, 7) is 14.8. The third-order valence-electron chi connectivity index (χ3n) is 4.72. The summed E-state index contributed by atoms with van der Waals surface area (Å²) in [5.41, 5.74) is -0.108. The van der Waals surface area contributed by atoms with E-state index in [1.54, 1.807) is 37.9 Å². The minimum absolute atomic E-state index is 0.0729. The molecule has 0 aliphatic carbocycles. The number of hydrogen-bond donors (Lipinski definition) is 3. The molecule has 0 saturated carbocycles. The molecule has 202 valence electrons. The van der Waals surface area contributed by atoms with E-state index in [9.17, 15) is 27.9 Å². The molecule has 0 saturated heterocycles. The number of anilines is 1. The van der Waals surface area contributed by atoms with Crippen molar-refractivity contribution in [1.29, 1.82) is 0 Å². The normalized spacial score (nSPS) is 13.0. The summed E-state index contributed by atoms with van der Waals surface area (Å²) in [4.78, 5) is 39.1. The first kappa shape index (κ1) is 30.0. The first-order valence-electron chi connectivity index (χ1n) is 11.1. The van der Waals surface area contributed by atoms with Crippen LogP contribution in [0.3, 0.4) is 0 Å². The maximum Gasteiger partial charge on any atom is 0.420 e. The van der Waals surface area contributed by atoms with Crippen molar-refractivity contribution in [2.75, 3.05) is 5.32 Å². The van der Waals surface area contributed by atoms with Gasteiger partial charge in [-0.05, 0) is 39.8 Å². The Bertz CT molecular complexity index is 1310. The number of hydrogen-bond acceptors (Lipinski definition) is 8. The fourth-order valence-electron chi connectivity index (χ4n) is 2.99. The molecule has 0 radical (unpaired) electrons. The SMILES string of the molecule is C=C(C)N(/C=C\C)C(=C)/C=C(\N=C/C)C(=O)N[C@H](C)c1ncc(C(=O)Nc2cc(C(F)(F)F)c(O)cn2)s1. The van der Waals surface area contributed by atoms with E-state index in [0.717, 1.165) is 11.3 Å². The second kappa shape index (κ2) is 12.8. The number of aromatic nitrogens is 2. The molecule has 2 aromatic heterocycles. The number of nitrogens with one attached hydrogen (secondary N) is 2. The van der Waals surface area contributed by atoms with E-state index in [1.165, 1.54) is 18.5 Å². The van der Waals surface area contributed by atoms with Crippen molar-refractivity contribution in [1.82, 2.24) is 20.2 Å². The van der Waals surface area contributed by atoms with Crippen LogP contribution in [0.4, 0.5) is 19.0 Å². The maximum atomic E-state index is 13.0. The summed E-state index contributed by atoms with van der Waals surface area (Å²) >= 11 is 0.936. The van der Waals surface area contributed by atoms with Gasteiger partial charge in [-0.3, -0.25) is 14.6 Å². The molecule has 0 aliphatic heterocycles. The Labute approximate surface area is 221 Å². The number of aliphatic imine (C=N–C) groups is 1. The number of aromatic hydroxyl groups is 1. The second-order valence-corrected chi connectivity index (χ2v) is 8.85. The average Bonchev–Trinajstić information content (AvgIpc) is 3.33. The van der Waals surface area contributed by atoms with Gasteiger partial charge in [0, 0.05) is 23.8 Å². The van der Waals surface area contributed by atoms with E-state index in [0.29, 0.717) is 28.7 Å². The lowest BCUT2D eigenvalue weighted by molar-refractivity contribution is -0.138. The predicted octanol–water partition coefficient (Wildman–Crippen LogP) is 5.55. The first-order chi connectivity index (χ1) is 17.8. The molecule has 38 heavy (non-hydrogen) atoms. The van der Waals surface area contributed by atoms with Crippen LogP contribution in [0.2, 0.25) is 0 Å². The molecule has 1 atom stereocenters. The lowest BCUT2D eigenvalue weighted by Crippen LogP contribution is -2.28. The van der Waals surface area contributed by atoms with Crippen LogP contribution in [-0.2, 0) is 11.0 Å². The van der Waals surface area contributed by atoms with Crippen molar-refractivity contribution >= 4 is 35.2 Å². The van der Waals surface area contributed by atoms with Gasteiger partial charge in [-0.1, -0.05) is 19.2 Å². The number of rotatable bonds is 10. The number of alkyl halides is 3. The Morgan fingerprint density at radius 2 is 1.92 bits per heavy atom. The Kier molecular flexibility index (Phi) is 10.1. The molecule has 9 nitrogen and oxygen atoms in total. The highest BCUT2D eigenvalue weighted by atomic mass is 32.1. The van der Waals surface area contributed by atoms with E-state index < -0.39 is 41.2 Å². The Morgan fingerprint density at radius 3 is 2.50 bits per heavy atom. The zero-order chi connectivity index (χ0) is 28.6. The van der Waals surface area contributed by atoms with Crippen LogP contribution >= 0.6 is 11.3 Å². The van der Waals surface area contributed by atoms with Crippen LogP contribution in [0.15, 0.2) is 72.1 Å². The molecule has 0 fully saturated rings. The summed E-state index contributed by atoms with van der Waals surface area (Å²) in [5.74, 6) is -2.73. The van der Waals surface area contributed by atoms with Crippen LogP contribution in [0, 0.1) is 0 Å². The Hall–Kier alpha value is -4.26. The highest BCUT2D eigenvalue weighted by Gasteiger charge is 2.34. The van der Waals surface area contributed by atoms with Gasteiger partial charge in [0.15, 0.2) is 0 Å². The minimum atomic E-state index is -4.82. The largest absolute Gasteiger partial charge is 0.506 e. The zero-order valence-corrected chi connectivity index (χ0v) is 21.9. The number of amides is 2. The highest BCUT2D eigenvalue weighted by molar-refractivity contribution is 7.13. The third-order valence-corrected chi connectivity index (χ3v) is 5.90. The molecule has 2 aromatic rings. The molecule has 13 heteroatoms. The molecule has 0 aromatic carbocycles. The van der Waals surface area contributed by atoms with E-state index in [1.807, 2.05) is 6.92 Å². The van der Waals surface area contributed by atoms with Crippen LogP contribution in [0.1, 0.15) is 54.0 Å². The van der Waals surface area contributed by atoms with Crippen molar-refractivity contribution in [3.8, 4) is 5.75 Å². The lowest BCUT2D eigenvalue weighted by Gasteiger charge is -2.21. The molecule has 0 bridgehead atoms. The topological polar surface area (TPSA) is 120 Å². The van der Waals surface area contributed by atoms with Gasteiger partial charge in [0.2, 0.25) is 0 Å². The van der Waals surface area contributed by atoms with Crippen LogP contribution in [-0.4, -0.2) is 38.0 Å². The first-order valence-corrected chi connectivity index (χ1v) is 11.9. The van der Waals surface area contributed by atoms with E-state index in [-0.39, 0.29) is 10.6 Å². The number of thiazole rings is 1. The minimum Gasteiger partial charge on any atom is -0.506 e. The molecule has 2 amide bonds. The summed E-state index contributed by atoms with van der Waals surface area (Å²) in [7, 11) is 0. The smallest absolute Gasteiger partial charge is 0.420 e. The van der Waals surface area contributed by atoms with E-state index >= 15 is 0 Å². The maximum absolute atomic E-state index is 13.0. The Balaban J connectivity index is 2.16. The zero-order valence-electron chi connectivity index (χ0n) is 21.1. The highest BCUT2D eigenvalue weighted by Crippen LogP contribution is 2.36. The van der Waals surface area contributed by atoms with Crippen molar-refractivity contribution in [2.24, 2.45) is 4.99 Å². The fraction of sp³-hybridized carbons (Fsp3) is 0.240. The molecular formula is C25H27F3N6O3S. The summed E-state index contributed by atoms with van der Waals surface area (Å²) in [6, 6.07) is -0.103. The van der Waals surface area contributed by atoms with Gasteiger partial charge >= 0.3 is 6.18 Å². The van der Waals surface area contributed by atoms with Crippen LogP contribution < -0.4 is 10.6 Å². The molecule has 3 N–H and O–H groups in total. The molecule has 2 rings (SSSR count). The van der Waals surface area contributed by atoms with Crippen molar-refractivity contribution < 1.29 is 27.9 Å². The van der Waals surface area contributed by atoms with Crippen LogP contribution in [0.25, 0.3) is 0 Å². The second-order valence-electron chi connectivity index (χ2n) is 7.79. The summed E-state index contributed by atoms with van der Waals surface area (Å²) in [5, 5.41) is 14.8. The van der Waals surface area contributed by atoms with Gasteiger partial charge < -0.3 is 20.6 Å². The van der Waals surface area contributed by atoms with Crippen LogP contribution in [0.5, 0.6) is 5.75 Å². The van der Waals surface area contributed by atoms with Crippen molar-refractivity contribution in [3.63, 3.8) is 0 Å². The van der Waals surface area contributed by atoms with Gasteiger partial charge in [0.1, 0.15) is 32.7 Å². The monoisotopic (exact) mass is 548 g/mol. The van der Waals surface area contributed by atoms with E-state index in [2.05, 4.69) is 38.8 Å². The number of nitrogens with zero attached hydrogens (tertiary/aromatic N) is 4. The molecule has 0 spiro atoms. The molecule has 0 aliphatic rings. The molecule has 0 unspecified atom stereocenters. The average molecular weight is 549 g/mol.